The van der Waals surface area contributed by atoms with Crippen molar-refractivity contribution in [3.05, 3.63) is 70.1 Å². The van der Waals surface area contributed by atoms with Crippen LogP contribution in [-0.2, 0) is 22.5 Å². The van der Waals surface area contributed by atoms with Gasteiger partial charge in [0.15, 0.2) is 6.10 Å². The molecule has 1 N–H and O–H groups in total. The SMILES string of the molecule is CCC(OC(=O)c1c2c(nc3ccccc13)CCN(C)C2)C(=O)Nc1ccc(F)c(Cl)c1. The molecule has 1 unspecified atom stereocenters. The van der Waals surface area contributed by atoms with E-state index in [2.05, 4.69) is 10.2 Å². The number of carbonyl (C=O) groups is 2. The maximum absolute atomic E-state index is 13.4. The van der Waals surface area contributed by atoms with Crippen molar-refractivity contribution in [1.29, 1.82) is 0 Å². The molecule has 1 aliphatic rings. The summed E-state index contributed by atoms with van der Waals surface area (Å²) in [4.78, 5) is 33.0. The zero-order valence-corrected chi connectivity index (χ0v) is 18.6. The summed E-state index contributed by atoms with van der Waals surface area (Å²) in [6, 6.07) is 11.3. The van der Waals surface area contributed by atoms with E-state index in [9.17, 15) is 14.0 Å². The number of amides is 1. The van der Waals surface area contributed by atoms with E-state index in [0.717, 1.165) is 35.8 Å². The lowest BCUT2D eigenvalue weighted by atomic mass is 9.96. The minimum absolute atomic E-state index is 0.105. The van der Waals surface area contributed by atoms with Gasteiger partial charge in [0.25, 0.3) is 5.91 Å². The van der Waals surface area contributed by atoms with Gasteiger partial charge in [-0.2, -0.15) is 0 Å². The average molecular weight is 456 g/mol. The molecule has 2 heterocycles. The highest BCUT2D eigenvalue weighted by atomic mass is 35.5. The lowest BCUT2D eigenvalue weighted by molar-refractivity contribution is -0.124. The number of carbonyl (C=O) groups excluding carboxylic acids is 2. The fourth-order valence-corrected chi connectivity index (χ4v) is 4.05. The zero-order valence-electron chi connectivity index (χ0n) is 17.8. The number of fused-ring (bicyclic) bond motifs is 2. The van der Waals surface area contributed by atoms with Gasteiger partial charge in [0.05, 0.1) is 16.1 Å². The number of hydrogen-bond donors (Lipinski definition) is 1. The fourth-order valence-electron chi connectivity index (χ4n) is 3.87. The van der Waals surface area contributed by atoms with Gasteiger partial charge in [-0.05, 0) is 37.7 Å². The molecule has 0 aliphatic carbocycles. The summed E-state index contributed by atoms with van der Waals surface area (Å²) in [5, 5.41) is 3.23. The van der Waals surface area contributed by atoms with Crippen LogP contribution in [0.25, 0.3) is 10.9 Å². The van der Waals surface area contributed by atoms with Gasteiger partial charge < -0.3 is 15.0 Å². The Morgan fingerprint density at radius 1 is 1.28 bits per heavy atom. The summed E-state index contributed by atoms with van der Waals surface area (Å²) < 4.78 is 19.1. The van der Waals surface area contributed by atoms with Gasteiger partial charge in [0, 0.05) is 41.8 Å². The van der Waals surface area contributed by atoms with Crippen molar-refractivity contribution in [3.8, 4) is 0 Å². The second-order valence-electron chi connectivity index (χ2n) is 7.84. The van der Waals surface area contributed by atoms with Crippen LogP contribution in [0.4, 0.5) is 10.1 Å². The average Bonchev–Trinajstić information content (AvgIpc) is 2.78. The third-order valence-corrected chi connectivity index (χ3v) is 5.83. The van der Waals surface area contributed by atoms with E-state index in [1.807, 2.05) is 31.3 Å². The quantitative estimate of drug-likeness (QED) is 0.570. The number of anilines is 1. The van der Waals surface area contributed by atoms with Crippen LogP contribution in [-0.4, -0.2) is 41.5 Å². The van der Waals surface area contributed by atoms with Gasteiger partial charge in [-0.1, -0.05) is 36.7 Å². The normalized spacial score (nSPS) is 14.6. The Kier molecular flexibility index (Phi) is 6.39. The molecule has 1 aliphatic heterocycles. The number of benzene rings is 2. The van der Waals surface area contributed by atoms with E-state index in [0.29, 0.717) is 23.2 Å². The number of esters is 1. The third kappa shape index (κ3) is 4.45. The second-order valence-corrected chi connectivity index (χ2v) is 8.24. The third-order valence-electron chi connectivity index (χ3n) is 5.54. The Morgan fingerprint density at radius 2 is 2.06 bits per heavy atom. The summed E-state index contributed by atoms with van der Waals surface area (Å²) in [6.45, 7) is 3.19. The van der Waals surface area contributed by atoms with E-state index < -0.39 is 23.8 Å². The second kappa shape index (κ2) is 9.22. The monoisotopic (exact) mass is 455 g/mol. The summed E-state index contributed by atoms with van der Waals surface area (Å²) in [7, 11) is 1.99. The molecule has 0 saturated carbocycles. The molecule has 0 bridgehead atoms. The molecular formula is C24H23ClFN3O3. The first-order valence-corrected chi connectivity index (χ1v) is 10.8. The van der Waals surface area contributed by atoms with E-state index >= 15 is 0 Å². The number of halogens is 2. The molecule has 1 aromatic heterocycles. The maximum atomic E-state index is 13.4. The molecule has 2 aromatic carbocycles. The molecule has 4 rings (SSSR count). The molecule has 166 valence electrons. The number of ether oxygens (including phenoxy) is 1. The molecule has 1 atom stereocenters. The number of nitrogens with zero attached hydrogens (tertiary/aromatic N) is 2. The highest BCUT2D eigenvalue weighted by molar-refractivity contribution is 6.31. The van der Waals surface area contributed by atoms with Crippen LogP contribution in [0.15, 0.2) is 42.5 Å². The summed E-state index contributed by atoms with van der Waals surface area (Å²) >= 11 is 5.79. The molecule has 32 heavy (non-hydrogen) atoms. The van der Waals surface area contributed by atoms with Gasteiger partial charge in [0.1, 0.15) is 5.82 Å². The van der Waals surface area contributed by atoms with Crippen molar-refractivity contribution in [1.82, 2.24) is 9.88 Å². The molecular weight excluding hydrogens is 433 g/mol. The maximum Gasteiger partial charge on any atom is 0.340 e. The van der Waals surface area contributed by atoms with Crippen molar-refractivity contribution in [3.63, 3.8) is 0 Å². The van der Waals surface area contributed by atoms with Crippen LogP contribution >= 0.6 is 11.6 Å². The van der Waals surface area contributed by atoms with Gasteiger partial charge in [-0.15, -0.1) is 0 Å². The van der Waals surface area contributed by atoms with Crippen LogP contribution < -0.4 is 5.32 Å². The number of rotatable bonds is 5. The van der Waals surface area contributed by atoms with Crippen molar-refractivity contribution >= 4 is 40.1 Å². The Morgan fingerprint density at radius 3 is 2.81 bits per heavy atom. The summed E-state index contributed by atoms with van der Waals surface area (Å²) in [5.74, 6) is -1.65. The Hall–Kier alpha value is -3.03. The predicted molar refractivity (Wildman–Crippen MR) is 121 cm³/mol. The fraction of sp³-hybridized carbons (Fsp3) is 0.292. The Bertz CT molecular complexity index is 1200. The molecule has 3 aromatic rings. The van der Waals surface area contributed by atoms with Crippen LogP contribution in [0.2, 0.25) is 5.02 Å². The number of para-hydroxylation sites is 1. The van der Waals surface area contributed by atoms with Crippen LogP contribution in [0.5, 0.6) is 0 Å². The zero-order chi connectivity index (χ0) is 22.8. The van der Waals surface area contributed by atoms with Gasteiger partial charge in [-0.25, -0.2) is 9.18 Å². The molecule has 1 amide bonds. The molecule has 0 spiro atoms. The Balaban J connectivity index is 1.63. The minimum atomic E-state index is -1.02. The lowest BCUT2D eigenvalue weighted by Gasteiger charge is -2.27. The molecule has 0 radical (unpaired) electrons. The van der Waals surface area contributed by atoms with Crippen LogP contribution in [0.1, 0.15) is 35.0 Å². The number of hydrogen-bond acceptors (Lipinski definition) is 5. The summed E-state index contributed by atoms with van der Waals surface area (Å²) in [5.41, 5.74) is 3.22. The molecule has 0 saturated heterocycles. The largest absolute Gasteiger partial charge is 0.449 e. The first-order valence-electron chi connectivity index (χ1n) is 10.4. The van der Waals surface area contributed by atoms with Crippen molar-refractivity contribution < 1.29 is 18.7 Å². The highest BCUT2D eigenvalue weighted by Crippen LogP contribution is 2.29. The number of likely N-dealkylation sites (N-methyl/N-ethyl adjacent to an activating group) is 1. The van der Waals surface area contributed by atoms with E-state index in [1.54, 1.807) is 6.92 Å². The summed E-state index contributed by atoms with van der Waals surface area (Å²) in [6.07, 6.45) is -0.00683. The molecule has 6 nitrogen and oxygen atoms in total. The van der Waals surface area contributed by atoms with Gasteiger partial charge in [0.2, 0.25) is 0 Å². The first kappa shape index (κ1) is 22.2. The topological polar surface area (TPSA) is 71.5 Å². The number of nitrogens with one attached hydrogen (secondary N) is 1. The smallest absolute Gasteiger partial charge is 0.340 e. The van der Waals surface area contributed by atoms with Gasteiger partial charge >= 0.3 is 5.97 Å². The van der Waals surface area contributed by atoms with Gasteiger partial charge in [-0.3, -0.25) is 9.78 Å². The van der Waals surface area contributed by atoms with Crippen LogP contribution in [0, 0.1) is 5.82 Å². The van der Waals surface area contributed by atoms with E-state index in [4.69, 9.17) is 21.3 Å². The van der Waals surface area contributed by atoms with Crippen LogP contribution in [0.3, 0.4) is 0 Å². The number of aromatic nitrogens is 1. The first-order chi connectivity index (χ1) is 15.4. The highest BCUT2D eigenvalue weighted by Gasteiger charge is 2.29. The minimum Gasteiger partial charge on any atom is -0.449 e. The van der Waals surface area contributed by atoms with Crippen molar-refractivity contribution in [2.45, 2.75) is 32.4 Å². The van der Waals surface area contributed by atoms with Crippen molar-refractivity contribution in [2.75, 3.05) is 18.9 Å². The van der Waals surface area contributed by atoms with E-state index in [1.165, 1.54) is 12.1 Å². The lowest BCUT2D eigenvalue weighted by Crippen LogP contribution is -2.34. The standard InChI is InChI=1S/C24H23ClFN3O3/c1-3-21(23(30)27-14-8-9-18(26)17(25)12-14)32-24(31)22-15-6-4-5-7-19(15)28-20-10-11-29(2)13-16(20)22/h4-9,12,21H,3,10-11,13H2,1-2H3,(H,27,30). The number of pyridine rings is 1. The molecule has 8 heteroatoms. The molecule has 0 fully saturated rings. The van der Waals surface area contributed by atoms with Crippen molar-refractivity contribution in [2.24, 2.45) is 0 Å². The Labute approximate surface area is 190 Å². The van der Waals surface area contributed by atoms with E-state index in [-0.39, 0.29) is 11.4 Å². The predicted octanol–water partition coefficient (Wildman–Crippen LogP) is 4.59.